The summed E-state index contributed by atoms with van der Waals surface area (Å²) in [6.07, 6.45) is 1.46. The molecule has 2 aromatic rings. The Hall–Kier alpha value is -4.06. The van der Waals surface area contributed by atoms with E-state index < -0.39 is 23.8 Å². The van der Waals surface area contributed by atoms with Crippen LogP contribution in [0.3, 0.4) is 0 Å². The maximum absolute atomic E-state index is 12.9. The summed E-state index contributed by atoms with van der Waals surface area (Å²) in [4.78, 5) is 59.6. The fourth-order valence-corrected chi connectivity index (χ4v) is 4.32. The van der Waals surface area contributed by atoms with Gasteiger partial charge in [-0.2, -0.15) is 9.48 Å². The molecule has 4 amide bonds. The predicted octanol–water partition coefficient (Wildman–Crippen LogP) is 2.24. The van der Waals surface area contributed by atoms with E-state index in [0.29, 0.717) is 22.1 Å². The van der Waals surface area contributed by atoms with E-state index in [1.807, 2.05) is 0 Å². The lowest BCUT2D eigenvalue weighted by Gasteiger charge is -2.26. The Kier molecular flexibility index (Phi) is 6.92. The van der Waals surface area contributed by atoms with Gasteiger partial charge in [-0.15, -0.1) is 0 Å². The predicted molar refractivity (Wildman–Crippen MR) is 129 cm³/mol. The molecule has 0 saturated carbocycles. The van der Waals surface area contributed by atoms with E-state index in [9.17, 15) is 19.2 Å². The topological polar surface area (TPSA) is 134 Å². The van der Waals surface area contributed by atoms with Gasteiger partial charge in [0.25, 0.3) is 11.7 Å². The van der Waals surface area contributed by atoms with E-state index in [4.69, 9.17) is 9.15 Å². The lowest BCUT2D eigenvalue weighted by Crippen LogP contribution is -2.54. The number of esters is 1. The Morgan fingerprint density at radius 1 is 1.20 bits per heavy atom. The Morgan fingerprint density at radius 2 is 1.94 bits per heavy atom. The van der Waals surface area contributed by atoms with Gasteiger partial charge in [-0.1, -0.05) is 16.8 Å². The number of ether oxygens (including phenoxy) is 1. The summed E-state index contributed by atoms with van der Waals surface area (Å²) in [5.74, 6) is -1.44. The Bertz CT molecular complexity index is 1280. The van der Waals surface area contributed by atoms with Gasteiger partial charge in [-0.3, -0.25) is 9.59 Å². The molecule has 0 bridgehead atoms. The lowest BCUT2D eigenvalue weighted by molar-refractivity contribution is -0.407. The van der Waals surface area contributed by atoms with Gasteiger partial charge in [0.1, 0.15) is 5.04 Å². The molecule has 2 aliphatic heterocycles. The number of urea groups is 1. The zero-order valence-electron chi connectivity index (χ0n) is 19.2. The SMILES string of the molecule is CCOC(=O)c1ccc(NC(=O)CSC2=NC(c3ccco3)=NC3=[N+](C)C(=O)N(C)C(=O)C23)cc1. The van der Waals surface area contributed by atoms with Crippen LogP contribution < -0.4 is 5.32 Å². The molecule has 0 saturated heterocycles. The molecule has 0 fully saturated rings. The van der Waals surface area contributed by atoms with E-state index in [-0.39, 0.29) is 29.9 Å². The fourth-order valence-electron chi connectivity index (χ4n) is 3.45. The van der Waals surface area contributed by atoms with Crippen molar-refractivity contribution < 1.29 is 32.9 Å². The van der Waals surface area contributed by atoms with Gasteiger partial charge in [-0.05, 0) is 43.3 Å². The van der Waals surface area contributed by atoms with Gasteiger partial charge in [0.05, 0.1) is 38.3 Å². The zero-order chi connectivity index (χ0) is 25.1. The van der Waals surface area contributed by atoms with E-state index in [1.165, 1.54) is 24.9 Å². The molecule has 1 aromatic heterocycles. The van der Waals surface area contributed by atoms with Crippen LogP contribution in [0.25, 0.3) is 0 Å². The maximum atomic E-state index is 12.9. The molecule has 4 rings (SSSR count). The Labute approximate surface area is 204 Å². The number of aliphatic imine (C=N–C) groups is 2. The smallest absolute Gasteiger partial charge is 0.445 e. The van der Waals surface area contributed by atoms with Gasteiger partial charge in [-0.25, -0.2) is 14.6 Å². The molecule has 3 heterocycles. The summed E-state index contributed by atoms with van der Waals surface area (Å²) < 4.78 is 11.6. The second kappa shape index (κ2) is 10.1. The number of carbonyl (C=O) groups excluding carboxylic acids is 4. The number of imide groups is 1. The van der Waals surface area contributed by atoms with Crippen LogP contribution in [0.15, 0.2) is 57.1 Å². The number of amidine groups is 2. The number of hydrogen-bond acceptors (Lipinski definition) is 9. The van der Waals surface area contributed by atoms with Crippen molar-refractivity contribution in [1.29, 1.82) is 0 Å². The van der Waals surface area contributed by atoms with E-state index in [2.05, 4.69) is 15.3 Å². The van der Waals surface area contributed by atoms with Crippen molar-refractivity contribution >= 4 is 58.0 Å². The van der Waals surface area contributed by atoms with Gasteiger partial charge in [0, 0.05) is 5.69 Å². The molecule has 1 atom stereocenters. The van der Waals surface area contributed by atoms with Crippen LogP contribution in [0, 0.1) is 5.92 Å². The van der Waals surface area contributed by atoms with E-state index in [0.717, 1.165) is 16.7 Å². The number of nitrogens with zero attached hydrogens (tertiary/aromatic N) is 4. The number of thioether (sulfide) groups is 1. The van der Waals surface area contributed by atoms with E-state index >= 15 is 0 Å². The number of hydrogen-bond donors (Lipinski definition) is 1. The third-order valence-corrected chi connectivity index (χ3v) is 6.24. The van der Waals surface area contributed by atoms with Crippen LogP contribution in [0.4, 0.5) is 10.5 Å². The van der Waals surface area contributed by atoms with Crippen molar-refractivity contribution in [3.8, 4) is 0 Å². The zero-order valence-corrected chi connectivity index (χ0v) is 20.0. The van der Waals surface area contributed by atoms with Gasteiger partial charge in [0.15, 0.2) is 11.7 Å². The highest BCUT2D eigenvalue weighted by Gasteiger charge is 2.49. The highest BCUT2D eigenvalue weighted by molar-refractivity contribution is 8.14. The van der Waals surface area contributed by atoms with Crippen molar-refractivity contribution in [3.05, 3.63) is 54.0 Å². The molecule has 2 aliphatic rings. The Morgan fingerprint density at radius 3 is 2.60 bits per heavy atom. The summed E-state index contributed by atoms with van der Waals surface area (Å²) in [5, 5.41) is 3.07. The fraction of sp³-hybridized carbons (Fsp3) is 0.261. The van der Waals surface area contributed by atoms with Gasteiger partial charge < -0.3 is 14.5 Å². The monoisotopic (exact) mass is 496 g/mol. The molecule has 180 valence electrons. The molecule has 0 radical (unpaired) electrons. The van der Waals surface area contributed by atoms with Crippen molar-refractivity contribution in [2.75, 3.05) is 31.8 Å². The molecule has 0 spiro atoms. The van der Waals surface area contributed by atoms with Gasteiger partial charge >= 0.3 is 17.9 Å². The molecular formula is C23H22N5O6S+. The van der Waals surface area contributed by atoms with Crippen molar-refractivity contribution in [2.24, 2.45) is 15.9 Å². The van der Waals surface area contributed by atoms with Crippen LogP contribution in [-0.4, -0.2) is 76.5 Å². The average molecular weight is 497 g/mol. The molecule has 11 nitrogen and oxygen atoms in total. The molecule has 1 N–H and O–H groups in total. The number of amides is 4. The first kappa shape index (κ1) is 24.1. The normalized spacial score (nSPS) is 17.6. The summed E-state index contributed by atoms with van der Waals surface area (Å²) in [5.41, 5.74) is 0.875. The standard InChI is InChI=1S/C23H21N5O6S/c1-4-33-22(31)13-7-9-14(10-8-13)24-16(29)12-35-20-17-19(27(2)23(32)28(3)21(17)30)25-18(26-20)15-6-5-11-34-15/h5-11,17H,4,12H2,1-3H3/p+1. The van der Waals surface area contributed by atoms with E-state index in [1.54, 1.807) is 43.3 Å². The van der Waals surface area contributed by atoms with Crippen molar-refractivity contribution in [2.45, 2.75) is 6.92 Å². The number of carbonyl (C=O) groups is 4. The van der Waals surface area contributed by atoms with Crippen LogP contribution in [0.5, 0.6) is 0 Å². The van der Waals surface area contributed by atoms with Crippen LogP contribution in [-0.2, 0) is 14.3 Å². The van der Waals surface area contributed by atoms with Gasteiger partial charge in [0.2, 0.25) is 5.91 Å². The second-order valence-electron chi connectivity index (χ2n) is 7.53. The average Bonchev–Trinajstić information content (AvgIpc) is 3.40. The quantitative estimate of drug-likeness (QED) is 0.479. The number of rotatable bonds is 6. The molecule has 35 heavy (non-hydrogen) atoms. The first-order valence-electron chi connectivity index (χ1n) is 10.6. The number of benzene rings is 1. The third kappa shape index (κ3) is 4.92. The summed E-state index contributed by atoms with van der Waals surface area (Å²) in [6, 6.07) is 9.13. The van der Waals surface area contributed by atoms with Crippen LogP contribution in [0.1, 0.15) is 23.0 Å². The minimum absolute atomic E-state index is 0.0532. The van der Waals surface area contributed by atoms with Crippen LogP contribution in [0.2, 0.25) is 0 Å². The third-order valence-electron chi connectivity index (χ3n) is 5.21. The summed E-state index contributed by atoms with van der Waals surface area (Å²) in [6.45, 7) is 1.99. The van der Waals surface area contributed by atoms with Crippen molar-refractivity contribution in [1.82, 2.24) is 4.90 Å². The number of anilines is 1. The molecule has 1 unspecified atom stereocenters. The molecule has 12 heteroatoms. The largest absolute Gasteiger partial charge is 0.462 e. The highest BCUT2D eigenvalue weighted by Crippen LogP contribution is 2.27. The first-order valence-corrected chi connectivity index (χ1v) is 11.6. The van der Waals surface area contributed by atoms with Crippen molar-refractivity contribution in [3.63, 3.8) is 0 Å². The number of nitrogens with one attached hydrogen (secondary N) is 1. The highest BCUT2D eigenvalue weighted by atomic mass is 32.2. The Balaban J connectivity index is 1.52. The molecule has 1 aromatic carbocycles. The summed E-state index contributed by atoms with van der Waals surface area (Å²) in [7, 11) is 2.91. The number of furan rings is 1. The minimum atomic E-state index is -0.914. The lowest BCUT2D eigenvalue weighted by atomic mass is 10.0. The number of fused-ring (bicyclic) bond motifs is 1. The second-order valence-corrected chi connectivity index (χ2v) is 8.52. The summed E-state index contributed by atoms with van der Waals surface area (Å²) >= 11 is 1.07. The molecule has 0 aliphatic carbocycles. The molecular weight excluding hydrogens is 474 g/mol. The van der Waals surface area contributed by atoms with Crippen LogP contribution >= 0.6 is 11.8 Å². The maximum Gasteiger partial charge on any atom is 0.445 e. The first-order chi connectivity index (χ1) is 16.8. The minimum Gasteiger partial charge on any atom is -0.462 e.